The van der Waals surface area contributed by atoms with Gasteiger partial charge in [0.15, 0.2) is 0 Å². The topological polar surface area (TPSA) is 55.1 Å². The zero-order valence-electron chi connectivity index (χ0n) is 10.4. The molecule has 19 heavy (non-hydrogen) atoms. The van der Waals surface area contributed by atoms with Gasteiger partial charge < -0.3 is 11.1 Å². The highest BCUT2D eigenvalue weighted by Crippen LogP contribution is 2.15. The standard InChI is InChI=1S/C15H15BrN2O/c16-14-4-2-1-3-12(14)10-18-15(19)9-11-5-7-13(17)8-6-11/h1-8H,9-10,17H2,(H,18,19). The van der Waals surface area contributed by atoms with Crippen molar-refractivity contribution in [2.75, 3.05) is 5.73 Å². The highest BCUT2D eigenvalue weighted by atomic mass is 79.9. The summed E-state index contributed by atoms with van der Waals surface area (Å²) in [6.45, 7) is 0.523. The van der Waals surface area contributed by atoms with Crippen LogP contribution < -0.4 is 11.1 Å². The Kier molecular flexibility index (Phi) is 4.58. The van der Waals surface area contributed by atoms with Crippen molar-refractivity contribution >= 4 is 27.5 Å². The second-order valence-corrected chi connectivity index (χ2v) is 5.14. The van der Waals surface area contributed by atoms with Crippen LogP contribution in [0.25, 0.3) is 0 Å². The molecule has 2 aromatic rings. The zero-order chi connectivity index (χ0) is 13.7. The average molecular weight is 319 g/mol. The highest BCUT2D eigenvalue weighted by Gasteiger charge is 2.04. The molecule has 2 aromatic carbocycles. The number of hydrogen-bond donors (Lipinski definition) is 2. The summed E-state index contributed by atoms with van der Waals surface area (Å²) < 4.78 is 1.00. The van der Waals surface area contributed by atoms with Crippen molar-refractivity contribution in [2.45, 2.75) is 13.0 Å². The Balaban J connectivity index is 1.88. The van der Waals surface area contributed by atoms with Crippen LogP contribution in [-0.2, 0) is 17.8 Å². The van der Waals surface area contributed by atoms with Gasteiger partial charge in [0.1, 0.15) is 0 Å². The Bertz CT molecular complexity index is 567. The third-order valence-corrected chi connectivity index (χ3v) is 3.55. The number of hydrogen-bond acceptors (Lipinski definition) is 2. The minimum absolute atomic E-state index is 0.000486. The number of rotatable bonds is 4. The molecular weight excluding hydrogens is 304 g/mol. The molecule has 3 nitrogen and oxygen atoms in total. The Hall–Kier alpha value is -1.81. The smallest absolute Gasteiger partial charge is 0.224 e. The fourth-order valence-corrected chi connectivity index (χ4v) is 2.14. The van der Waals surface area contributed by atoms with E-state index in [0.29, 0.717) is 18.7 Å². The molecule has 0 saturated carbocycles. The van der Waals surface area contributed by atoms with Gasteiger partial charge in [-0.25, -0.2) is 0 Å². The van der Waals surface area contributed by atoms with Crippen LogP contribution in [0.1, 0.15) is 11.1 Å². The SMILES string of the molecule is Nc1ccc(CC(=O)NCc2ccccc2Br)cc1. The first kappa shape index (κ1) is 13.6. The molecule has 0 unspecified atom stereocenters. The van der Waals surface area contributed by atoms with Crippen LogP contribution in [0.2, 0.25) is 0 Å². The number of carbonyl (C=O) groups excluding carboxylic acids is 1. The maximum Gasteiger partial charge on any atom is 0.224 e. The Morgan fingerprint density at radius 3 is 2.47 bits per heavy atom. The predicted octanol–water partition coefficient (Wildman–Crippen LogP) is 2.89. The number of anilines is 1. The van der Waals surface area contributed by atoms with Crippen molar-refractivity contribution in [3.8, 4) is 0 Å². The van der Waals surface area contributed by atoms with E-state index in [2.05, 4.69) is 21.2 Å². The normalized spacial score (nSPS) is 10.2. The van der Waals surface area contributed by atoms with Gasteiger partial charge in [-0.1, -0.05) is 46.3 Å². The van der Waals surface area contributed by atoms with Gasteiger partial charge in [-0.3, -0.25) is 4.79 Å². The fourth-order valence-electron chi connectivity index (χ4n) is 1.72. The predicted molar refractivity (Wildman–Crippen MR) is 80.5 cm³/mol. The first-order valence-corrected chi connectivity index (χ1v) is 6.79. The lowest BCUT2D eigenvalue weighted by molar-refractivity contribution is -0.120. The van der Waals surface area contributed by atoms with Gasteiger partial charge in [-0.05, 0) is 29.3 Å². The number of carbonyl (C=O) groups is 1. The summed E-state index contributed by atoms with van der Waals surface area (Å²) in [6.07, 6.45) is 0.366. The van der Waals surface area contributed by atoms with Crippen molar-refractivity contribution < 1.29 is 4.79 Å². The highest BCUT2D eigenvalue weighted by molar-refractivity contribution is 9.10. The van der Waals surface area contributed by atoms with Crippen LogP contribution in [0.4, 0.5) is 5.69 Å². The molecule has 0 fully saturated rings. The molecule has 3 N–H and O–H groups in total. The second-order valence-electron chi connectivity index (χ2n) is 4.29. The molecule has 4 heteroatoms. The number of amides is 1. The lowest BCUT2D eigenvalue weighted by Gasteiger charge is -2.07. The average Bonchev–Trinajstić information content (AvgIpc) is 2.40. The van der Waals surface area contributed by atoms with Gasteiger partial charge in [0.05, 0.1) is 6.42 Å². The summed E-state index contributed by atoms with van der Waals surface area (Å²) in [5.74, 6) is 0.000486. The van der Waals surface area contributed by atoms with Crippen LogP contribution in [-0.4, -0.2) is 5.91 Å². The van der Waals surface area contributed by atoms with E-state index in [4.69, 9.17) is 5.73 Å². The minimum Gasteiger partial charge on any atom is -0.399 e. The quantitative estimate of drug-likeness (QED) is 0.852. The molecule has 0 bridgehead atoms. The van der Waals surface area contributed by atoms with Crippen molar-refractivity contribution in [3.63, 3.8) is 0 Å². The summed E-state index contributed by atoms with van der Waals surface area (Å²) in [6, 6.07) is 15.2. The van der Waals surface area contributed by atoms with E-state index in [1.807, 2.05) is 36.4 Å². The van der Waals surface area contributed by atoms with E-state index in [0.717, 1.165) is 15.6 Å². The van der Waals surface area contributed by atoms with Crippen LogP contribution in [0, 0.1) is 0 Å². The maximum absolute atomic E-state index is 11.8. The van der Waals surface area contributed by atoms with E-state index < -0.39 is 0 Å². The molecule has 1 amide bonds. The van der Waals surface area contributed by atoms with E-state index in [1.54, 1.807) is 12.1 Å². The summed E-state index contributed by atoms with van der Waals surface area (Å²) in [7, 11) is 0. The summed E-state index contributed by atoms with van der Waals surface area (Å²) in [5.41, 5.74) is 8.33. The molecule has 0 radical (unpaired) electrons. The third kappa shape index (κ3) is 4.10. The largest absolute Gasteiger partial charge is 0.399 e. The molecule has 0 heterocycles. The summed E-state index contributed by atoms with van der Waals surface area (Å²) >= 11 is 3.46. The van der Waals surface area contributed by atoms with Gasteiger partial charge in [-0.15, -0.1) is 0 Å². The van der Waals surface area contributed by atoms with Crippen LogP contribution in [0.15, 0.2) is 53.0 Å². The van der Waals surface area contributed by atoms with Crippen molar-refractivity contribution in [3.05, 3.63) is 64.1 Å². The molecule has 0 aliphatic heterocycles. The van der Waals surface area contributed by atoms with E-state index in [9.17, 15) is 4.79 Å². The zero-order valence-corrected chi connectivity index (χ0v) is 12.0. The van der Waals surface area contributed by atoms with Gasteiger partial charge in [0.2, 0.25) is 5.91 Å². The number of benzene rings is 2. The monoisotopic (exact) mass is 318 g/mol. The maximum atomic E-state index is 11.8. The lowest BCUT2D eigenvalue weighted by Crippen LogP contribution is -2.24. The molecule has 2 rings (SSSR count). The number of halogens is 1. The van der Waals surface area contributed by atoms with Crippen molar-refractivity contribution in [1.29, 1.82) is 0 Å². The molecule has 0 spiro atoms. The molecule has 0 aliphatic carbocycles. The summed E-state index contributed by atoms with van der Waals surface area (Å²) in [5, 5.41) is 2.90. The molecule has 98 valence electrons. The summed E-state index contributed by atoms with van der Waals surface area (Å²) in [4.78, 5) is 11.8. The van der Waals surface area contributed by atoms with Crippen LogP contribution in [0.3, 0.4) is 0 Å². The number of nitrogen functional groups attached to an aromatic ring is 1. The van der Waals surface area contributed by atoms with Gasteiger partial charge in [-0.2, -0.15) is 0 Å². The van der Waals surface area contributed by atoms with E-state index in [-0.39, 0.29) is 5.91 Å². The Labute approximate surface area is 121 Å². The molecule has 0 saturated heterocycles. The molecule has 0 aromatic heterocycles. The Morgan fingerprint density at radius 1 is 1.11 bits per heavy atom. The molecular formula is C15H15BrN2O. The third-order valence-electron chi connectivity index (χ3n) is 2.78. The first-order valence-electron chi connectivity index (χ1n) is 5.99. The molecule has 0 atom stereocenters. The van der Waals surface area contributed by atoms with Gasteiger partial charge in [0.25, 0.3) is 0 Å². The van der Waals surface area contributed by atoms with Crippen LogP contribution >= 0.6 is 15.9 Å². The number of nitrogens with two attached hydrogens (primary N) is 1. The second kappa shape index (κ2) is 6.38. The van der Waals surface area contributed by atoms with Gasteiger partial charge >= 0.3 is 0 Å². The van der Waals surface area contributed by atoms with Crippen LogP contribution in [0.5, 0.6) is 0 Å². The molecule has 0 aliphatic rings. The number of nitrogens with one attached hydrogen (secondary N) is 1. The van der Waals surface area contributed by atoms with Crippen molar-refractivity contribution in [1.82, 2.24) is 5.32 Å². The first-order chi connectivity index (χ1) is 9.15. The fraction of sp³-hybridized carbons (Fsp3) is 0.133. The lowest BCUT2D eigenvalue weighted by atomic mass is 10.1. The van der Waals surface area contributed by atoms with E-state index in [1.165, 1.54) is 0 Å². The van der Waals surface area contributed by atoms with Crippen molar-refractivity contribution in [2.24, 2.45) is 0 Å². The van der Waals surface area contributed by atoms with E-state index >= 15 is 0 Å². The van der Waals surface area contributed by atoms with Gasteiger partial charge in [0, 0.05) is 16.7 Å². The minimum atomic E-state index is 0.000486. The Morgan fingerprint density at radius 2 is 1.79 bits per heavy atom.